The normalized spacial score (nSPS) is 11.1. The second-order valence-corrected chi connectivity index (χ2v) is 8.63. The van der Waals surface area contributed by atoms with E-state index in [-0.39, 0.29) is 36.2 Å². The van der Waals surface area contributed by atoms with E-state index in [0.717, 1.165) is 13.0 Å². The maximum absolute atomic E-state index is 10.1. The summed E-state index contributed by atoms with van der Waals surface area (Å²) in [7, 11) is 0. The first kappa shape index (κ1) is 39.3. The van der Waals surface area contributed by atoms with E-state index >= 15 is 0 Å². The van der Waals surface area contributed by atoms with Gasteiger partial charge in [0.15, 0.2) is 0 Å². The standard InChI is InChI=1S/C27H54O9.Na/c1-2-3-4-5-6-7-8-9-10-11-12-13-30-14-15-31-16-17-32-18-19-33-20-21-34-22-23-35-24-25-36-26-27(28)29;/h2-26H2,1H3,(H,28,29);/q;+1/p-1. The number of hydrogen-bond acceptors (Lipinski definition) is 9. The minimum absolute atomic E-state index is 0. The summed E-state index contributed by atoms with van der Waals surface area (Å²) >= 11 is 0. The quantitative estimate of drug-likeness (QED) is 0.0866. The van der Waals surface area contributed by atoms with Gasteiger partial charge in [-0.25, -0.2) is 0 Å². The molecule has 0 unspecified atom stereocenters. The molecule has 9 nitrogen and oxygen atoms in total. The molecular weight excluding hydrogens is 491 g/mol. The van der Waals surface area contributed by atoms with Gasteiger partial charge >= 0.3 is 29.6 Å². The van der Waals surface area contributed by atoms with Gasteiger partial charge in [-0.1, -0.05) is 71.1 Å². The smallest absolute Gasteiger partial charge is 0.548 e. The van der Waals surface area contributed by atoms with Crippen LogP contribution in [0.4, 0.5) is 0 Å². The number of aliphatic carboxylic acids is 1. The molecule has 0 spiro atoms. The number of carboxylic acids is 1. The van der Waals surface area contributed by atoms with E-state index in [1.807, 2.05) is 0 Å². The van der Waals surface area contributed by atoms with Gasteiger partial charge in [0.05, 0.1) is 91.9 Å². The Bertz CT molecular complexity index is 431. The van der Waals surface area contributed by atoms with Crippen molar-refractivity contribution < 1.29 is 72.6 Å². The Balaban J connectivity index is 0. The van der Waals surface area contributed by atoms with Crippen molar-refractivity contribution in [2.24, 2.45) is 0 Å². The maximum Gasteiger partial charge on any atom is 1.00 e. The van der Waals surface area contributed by atoms with Gasteiger partial charge in [0.25, 0.3) is 0 Å². The molecule has 0 radical (unpaired) electrons. The third-order valence-corrected chi connectivity index (χ3v) is 5.34. The van der Waals surface area contributed by atoms with Gasteiger partial charge < -0.3 is 43.1 Å². The number of ether oxygens (including phenoxy) is 7. The zero-order valence-corrected chi connectivity index (χ0v) is 25.9. The van der Waals surface area contributed by atoms with Crippen molar-refractivity contribution in [3.8, 4) is 0 Å². The van der Waals surface area contributed by atoms with Crippen molar-refractivity contribution >= 4 is 5.97 Å². The van der Waals surface area contributed by atoms with Crippen LogP contribution in [0.1, 0.15) is 77.6 Å². The van der Waals surface area contributed by atoms with Gasteiger partial charge in [0.2, 0.25) is 0 Å². The fourth-order valence-electron chi connectivity index (χ4n) is 3.34. The third-order valence-electron chi connectivity index (χ3n) is 5.34. The molecule has 0 aliphatic heterocycles. The molecule has 0 fully saturated rings. The number of rotatable bonds is 32. The van der Waals surface area contributed by atoms with E-state index < -0.39 is 12.6 Å². The predicted octanol–water partition coefficient (Wildman–Crippen LogP) is 0.168. The summed E-state index contributed by atoms with van der Waals surface area (Å²) in [6.07, 6.45) is 14.8. The molecule has 0 aromatic carbocycles. The SMILES string of the molecule is CCCCCCCCCCCCCOCCOCCOCCOCCOCCOCCOCC(=O)[O-].[Na+]. The van der Waals surface area contributed by atoms with Crippen LogP contribution in [0.3, 0.4) is 0 Å². The van der Waals surface area contributed by atoms with Crippen LogP contribution in [-0.2, 0) is 38.0 Å². The van der Waals surface area contributed by atoms with Crippen LogP contribution < -0.4 is 34.7 Å². The molecule has 10 heteroatoms. The average molecular weight is 545 g/mol. The zero-order valence-electron chi connectivity index (χ0n) is 23.9. The molecule has 0 aliphatic carbocycles. The molecule has 0 aliphatic rings. The summed E-state index contributed by atoms with van der Waals surface area (Å²) in [5, 5.41) is 10.1. The third kappa shape index (κ3) is 38.4. The van der Waals surface area contributed by atoms with E-state index in [2.05, 4.69) is 6.92 Å². The molecule has 37 heavy (non-hydrogen) atoms. The first-order valence-corrected chi connectivity index (χ1v) is 14.0. The molecule has 0 saturated heterocycles. The Morgan fingerprint density at radius 2 is 0.703 bits per heavy atom. The van der Waals surface area contributed by atoms with Gasteiger partial charge in [-0.2, -0.15) is 0 Å². The van der Waals surface area contributed by atoms with Crippen LogP contribution in [0, 0.1) is 0 Å². The molecule has 0 saturated carbocycles. The fraction of sp³-hybridized carbons (Fsp3) is 0.963. The van der Waals surface area contributed by atoms with Gasteiger partial charge in [0, 0.05) is 6.61 Å². The van der Waals surface area contributed by atoms with Crippen molar-refractivity contribution in [1.82, 2.24) is 0 Å². The Kier molecular flexibility index (Phi) is 38.5. The summed E-state index contributed by atoms with van der Waals surface area (Å²) < 4.78 is 37.4. The minimum Gasteiger partial charge on any atom is -0.548 e. The van der Waals surface area contributed by atoms with Gasteiger partial charge in [0.1, 0.15) is 0 Å². The van der Waals surface area contributed by atoms with Crippen molar-refractivity contribution in [1.29, 1.82) is 0 Å². The monoisotopic (exact) mass is 544 g/mol. The van der Waals surface area contributed by atoms with Crippen LogP contribution >= 0.6 is 0 Å². The van der Waals surface area contributed by atoms with Crippen molar-refractivity contribution in [3.05, 3.63) is 0 Å². The van der Waals surface area contributed by atoms with E-state index in [1.165, 1.54) is 64.2 Å². The predicted molar refractivity (Wildman–Crippen MR) is 137 cm³/mol. The molecule has 0 aromatic rings. The van der Waals surface area contributed by atoms with Crippen LogP contribution in [-0.4, -0.2) is 98.5 Å². The van der Waals surface area contributed by atoms with Gasteiger partial charge in [-0.05, 0) is 6.42 Å². The van der Waals surface area contributed by atoms with Crippen LogP contribution in [0.25, 0.3) is 0 Å². The number of carboxylic acid groups (broad SMARTS) is 1. The molecule has 0 atom stereocenters. The Morgan fingerprint density at radius 3 is 1.03 bits per heavy atom. The summed E-state index contributed by atoms with van der Waals surface area (Å²) in [4.78, 5) is 10.1. The van der Waals surface area contributed by atoms with Crippen molar-refractivity contribution in [2.45, 2.75) is 77.6 Å². The first-order chi connectivity index (χ1) is 17.8. The number of carbonyl (C=O) groups is 1. The molecule has 0 aromatic heterocycles. The molecular formula is C27H53NaO9. The van der Waals surface area contributed by atoms with E-state index in [9.17, 15) is 9.90 Å². The molecule has 0 amide bonds. The zero-order chi connectivity index (χ0) is 26.2. The minimum atomic E-state index is -1.23. The number of hydrogen-bond donors (Lipinski definition) is 0. The number of unbranched alkanes of at least 4 members (excludes halogenated alkanes) is 10. The molecule has 0 rings (SSSR count). The second-order valence-electron chi connectivity index (χ2n) is 8.63. The van der Waals surface area contributed by atoms with Crippen LogP contribution in [0.2, 0.25) is 0 Å². The summed E-state index contributed by atoms with van der Waals surface area (Å²) in [5.41, 5.74) is 0. The molecule has 0 heterocycles. The number of carbonyl (C=O) groups excluding carboxylic acids is 1. The molecule has 0 bridgehead atoms. The summed E-state index contributed by atoms with van der Waals surface area (Å²) in [6.45, 7) is 8.43. The molecule has 216 valence electrons. The maximum atomic E-state index is 10.1. The first-order valence-electron chi connectivity index (χ1n) is 14.0. The van der Waals surface area contributed by atoms with Crippen molar-refractivity contribution in [2.75, 3.05) is 92.5 Å². The average Bonchev–Trinajstić information content (AvgIpc) is 2.87. The van der Waals surface area contributed by atoms with E-state index in [4.69, 9.17) is 33.2 Å². The van der Waals surface area contributed by atoms with Crippen LogP contribution in [0.15, 0.2) is 0 Å². The van der Waals surface area contributed by atoms with Gasteiger partial charge in [-0.3, -0.25) is 0 Å². The molecule has 0 N–H and O–H groups in total. The van der Waals surface area contributed by atoms with Crippen LogP contribution in [0.5, 0.6) is 0 Å². The second kappa shape index (κ2) is 36.2. The summed E-state index contributed by atoms with van der Waals surface area (Å²) in [5.74, 6) is -1.23. The Hall–Kier alpha value is 0.190. The Labute approximate surface area is 247 Å². The summed E-state index contributed by atoms with van der Waals surface area (Å²) in [6, 6.07) is 0. The van der Waals surface area contributed by atoms with Gasteiger partial charge in [-0.15, -0.1) is 0 Å². The topological polar surface area (TPSA) is 105 Å². The van der Waals surface area contributed by atoms with E-state index in [0.29, 0.717) is 72.7 Å². The largest absolute Gasteiger partial charge is 1.00 e. The van der Waals surface area contributed by atoms with E-state index in [1.54, 1.807) is 0 Å². The Morgan fingerprint density at radius 1 is 0.432 bits per heavy atom. The van der Waals surface area contributed by atoms with Crippen molar-refractivity contribution in [3.63, 3.8) is 0 Å². The fourth-order valence-corrected chi connectivity index (χ4v) is 3.34.